The number of hydrogen-bond acceptors (Lipinski definition) is 7. The minimum absolute atomic E-state index is 0.0197. The molecule has 31 heavy (non-hydrogen) atoms. The zero-order valence-electron chi connectivity index (χ0n) is 16.9. The highest BCUT2D eigenvalue weighted by Gasteiger charge is 2.22. The zero-order chi connectivity index (χ0) is 22.4. The summed E-state index contributed by atoms with van der Waals surface area (Å²) in [5, 5.41) is 6.90. The first-order chi connectivity index (χ1) is 14.8. The summed E-state index contributed by atoms with van der Waals surface area (Å²) in [6.07, 6.45) is 1.04. The molecule has 3 aromatic rings. The highest BCUT2D eigenvalue weighted by Crippen LogP contribution is 2.20. The molecule has 0 aliphatic carbocycles. The van der Waals surface area contributed by atoms with Gasteiger partial charge < -0.3 is 14.6 Å². The van der Waals surface area contributed by atoms with E-state index in [2.05, 4.69) is 15.5 Å². The number of nitrogens with one attached hydrogen (secondary N) is 1. The number of methoxy groups -OCH3 is 1. The predicted octanol–water partition coefficient (Wildman–Crippen LogP) is 2.48. The van der Waals surface area contributed by atoms with Gasteiger partial charge in [-0.3, -0.25) is 4.79 Å². The molecule has 0 fully saturated rings. The van der Waals surface area contributed by atoms with Crippen molar-refractivity contribution in [2.75, 3.05) is 19.9 Å². The predicted molar refractivity (Wildman–Crippen MR) is 115 cm³/mol. The third-order valence-electron chi connectivity index (χ3n) is 4.35. The second-order valence-corrected chi connectivity index (χ2v) is 9.03. The summed E-state index contributed by atoms with van der Waals surface area (Å²) in [5.41, 5.74) is 1.33. The molecule has 0 atom stereocenters. The summed E-state index contributed by atoms with van der Waals surface area (Å²) >= 11 is 6.11. The molecule has 9 nitrogen and oxygen atoms in total. The minimum Gasteiger partial charge on any atom is -0.497 e. The van der Waals surface area contributed by atoms with Gasteiger partial charge >= 0.3 is 0 Å². The summed E-state index contributed by atoms with van der Waals surface area (Å²) < 4.78 is 35.5. The molecule has 1 aromatic heterocycles. The summed E-state index contributed by atoms with van der Waals surface area (Å²) in [6.45, 7) is -0.427. The third-order valence-corrected chi connectivity index (χ3v) is 5.91. The fourth-order valence-electron chi connectivity index (χ4n) is 2.68. The van der Waals surface area contributed by atoms with Crippen LogP contribution in [0.5, 0.6) is 5.75 Å². The van der Waals surface area contributed by atoms with Crippen molar-refractivity contribution < 1.29 is 22.5 Å². The molecule has 1 amide bonds. The molecule has 0 saturated heterocycles. The molecule has 0 aliphatic rings. The smallest absolute Gasteiger partial charge is 0.246 e. The summed E-state index contributed by atoms with van der Waals surface area (Å²) in [5.74, 6) is 0.744. The fourth-order valence-corrected chi connectivity index (χ4v) is 3.60. The van der Waals surface area contributed by atoms with Crippen LogP contribution in [0, 0.1) is 0 Å². The maximum absolute atomic E-state index is 12.3. The Hall–Kier alpha value is -2.95. The van der Waals surface area contributed by atoms with E-state index >= 15 is 0 Å². The summed E-state index contributed by atoms with van der Waals surface area (Å²) in [6, 6.07) is 14.0. The van der Waals surface area contributed by atoms with Crippen LogP contribution in [0.4, 0.5) is 0 Å². The zero-order valence-corrected chi connectivity index (χ0v) is 18.5. The highest BCUT2D eigenvalue weighted by molar-refractivity contribution is 7.88. The third kappa shape index (κ3) is 6.27. The number of rotatable bonds is 9. The van der Waals surface area contributed by atoms with Gasteiger partial charge in [-0.2, -0.15) is 9.29 Å². The van der Waals surface area contributed by atoms with Crippen LogP contribution in [-0.2, 0) is 27.9 Å². The van der Waals surface area contributed by atoms with Crippen LogP contribution < -0.4 is 10.1 Å². The monoisotopic (exact) mass is 464 g/mol. The molecule has 11 heteroatoms. The van der Waals surface area contributed by atoms with E-state index in [1.807, 2.05) is 0 Å². The number of hydrogen-bond donors (Lipinski definition) is 1. The normalized spacial score (nSPS) is 11.5. The van der Waals surface area contributed by atoms with Crippen LogP contribution >= 0.6 is 11.6 Å². The molecule has 3 rings (SSSR count). The van der Waals surface area contributed by atoms with Crippen molar-refractivity contribution in [2.24, 2.45) is 0 Å². The Morgan fingerprint density at radius 2 is 1.90 bits per heavy atom. The number of amides is 1. The lowest BCUT2D eigenvalue weighted by atomic mass is 10.2. The van der Waals surface area contributed by atoms with Crippen molar-refractivity contribution in [3.8, 4) is 17.1 Å². The van der Waals surface area contributed by atoms with E-state index in [1.54, 1.807) is 55.6 Å². The lowest BCUT2D eigenvalue weighted by Gasteiger charge is -2.20. The molecule has 2 aromatic carbocycles. The van der Waals surface area contributed by atoms with Gasteiger partial charge in [0.2, 0.25) is 27.6 Å². The van der Waals surface area contributed by atoms with Gasteiger partial charge in [-0.15, -0.1) is 0 Å². The molecule has 1 heterocycles. The van der Waals surface area contributed by atoms with Gasteiger partial charge in [-0.1, -0.05) is 35.0 Å². The molecular formula is C20H21ClN4O5S. The lowest BCUT2D eigenvalue weighted by molar-refractivity contribution is -0.121. The topological polar surface area (TPSA) is 115 Å². The van der Waals surface area contributed by atoms with E-state index in [0.717, 1.165) is 16.1 Å². The van der Waals surface area contributed by atoms with E-state index in [0.29, 0.717) is 22.2 Å². The average Bonchev–Trinajstić information content (AvgIpc) is 3.22. The Kier molecular flexibility index (Phi) is 7.26. The van der Waals surface area contributed by atoms with Crippen LogP contribution in [-0.4, -0.2) is 48.7 Å². The van der Waals surface area contributed by atoms with E-state index in [9.17, 15) is 13.2 Å². The summed E-state index contributed by atoms with van der Waals surface area (Å²) in [7, 11) is -2.07. The Labute approximate surface area is 185 Å². The Morgan fingerprint density at radius 3 is 2.55 bits per heavy atom. The molecule has 1 N–H and O–H groups in total. The van der Waals surface area contributed by atoms with Crippen molar-refractivity contribution in [2.45, 2.75) is 13.1 Å². The number of carbonyl (C=O) groups excluding carboxylic acids is 1. The molecule has 0 spiro atoms. The average molecular weight is 465 g/mol. The van der Waals surface area contributed by atoms with E-state index in [-0.39, 0.29) is 25.5 Å². The minimum atomic E-state index is -3.64. The molecule has 0 bridgehead atoms. The summed E-state index contributed by atoms with van der Waals surface area (Å²) in [4.78, 5) is 16.6. The van der Waals surface area contributed by atoms with Crippen molar-refractivity contribution in [1.82, 2.24) is 19.8 Å². The Balaban J connectivity index is 1.60. The van der Waals surface area contributed by atoms with Gasteiger partial charge in [0.1, 0.15) is 5.75 Å². The number of benzene rings is 2. The lowest BCUT2D eigenvalue weighted by Crippen LogP contribution is -2.39. The van der Waals surface area contributed by atoms with Crippen LogP contribution in [0.3, 0.4) is 0 Å². The SMILES string of the molecule is COc1ccc(-c2noc(CNC(=O)CN(Cc3ccccc3Cl)S(C)(=O)=O)n2)cc1. The number of nitrogens with zero attached hydrogens (tertiary/aromatic N) is 3. The number of sulfonamides is 1. The Morgan fingerprint density at radius 1 is 1.19 bits per heavy atom. The van der Waals surface area contributed by atoms with Gasteiger partial charge in [0.25, 0.3) is 0 Å². The van der Waals surface area contributed by atoms with Gasteiger partial charge in [0, 0.05) is 17.1 Å². The van der Waals surface area contributed by atoms with Crippen LogP contribution in [0.15, 0.2) is 53.1 Å². The first-order valence-electron chi connectivity index (χ1n) is 9.18. The van der Waals surface area contributed by atoms with Crippen molar-refractivity contribution in [3.63, 3.8) is 0 Å². The fraction of sp³-hybridized carbons (Fsp3) is 0.250. The van der Waals surface area contributed by atoms with Crippen LogP contribution in [0.25, 0.3) is 11.4 Å². The van der Waals surface area contributed by atoms with Gasteiger partial charge in [0.05, 0.1) is 26.5 Å². The Bertz CT molecular complexity index is 1150. The van der Waals surface area contributed by atoms with Gasteiger partial charge in [0.15, 0.2) is 0 Å². The number of halogens is 1. The molecular weight excluding hydrogens is 444 g/mol. The largest absolute Gasteiger partial charge is 0.497 e. The molecule has 164 valence electrons. The first kappa shape index (κ1) is 22.7. The molecule has 0 unspecified atom stereocenters. The second kappa shape index (κ2) is 9.90. The van der Waals surface area contributed by atoms with Crippen LogP contribution in [0.1, 0.15) is 11.5 Å². The maximum Gasteiger partial charge on any atom is 0.246 e. The second-order valence-electron chi connectivity index (χ2n) is 6.64. The molecule has 0 aliphatic heterocycles. The maximum atomic E-state index is 12.3. The van der Waals surface area contributed by atoms with E-state index in [1.165, 1.54) is 0 Å². The quantitative estimate of drug-likeness (QED) is 0.517. The number of aromatic nitrogens is 2. The van der Waals surface area contributed by atoms with Crippen molar-refractivity contribution >= 4 is 27.5 Å². The van der Waals surface area contributed by atoms with E-state index in [4.69, 9.17) is 20.9 Å². The standard InChI is InChI=1S/C20H21ClN4O5S/c1-29-16-9-7-14(8-10-16)20-23-19(30-24-20)11-22-18(26)13-25(31(2,27)28)12-15-5-3-4-6-17(15)21/h3-10H,11-13H2,1-2H3,(H,22,26). The van der Waals surface area contributed by atoms with Gasteiger partial charge in [-0.25, -0.2) is 8.42 Å². The molecule has 0 radical (unpaired) electrons. The number of ether oxygens (including phenoxy) is 1. The van der Waals surface area contributed by atoms with Crippen molar-refractivity contribution in [3.05, 3.63) is 65.0 Å². The first-order valence-corrected chi connectivity index (χ1v) is 11.4. The van der Waals surface area contributed by atoms with Crippen molar-refractivity contribution in [1.29, 1.82) is 0 Å². The number of carbonyl (C=O) groups is 1. The van der Waals surface area contributed by atoms with Crippen LogP contribution in [0.2, 0.25) is 5.02 Å². The van der Waals surface area contributed by atoms with Gasteiger partial charge in [-0.05, 0) is 35.9 Å². The molecule has 0 saturated carbocycles. The van der Waals surface area contributed by atoms with E-state index < -0.39 is 15.9 Å². The highest BCUT2D eigenvalue weighted by atomic mass is 35.5.